The Balaban J connectivity index is 1.31. The van der Waals surface area contributed by atoms with E-state index in [-0.39, 0.29) is 0 Å². The summed E-state index contributed by atoms with van der Waals surface area (Å²) in [6.07, 6.45) is 3.73. The van der Waals surface area contributed by atoms with Gasteiger partial charge in [-0.3, -0.25) is 14.5 Å². The second-order valence-electron chi connectivity index (χ2n) is 13.7. The number of rotatable bonds is 6. The van der Waals surface area contributed by atoms with Crippen LogP contribution in [0.4, 0.5) is 0 Å². The van der Waals surface area contributed by atoms with Gasteiger partial charge < -0.3 is 4.57 Å². The van der Waals surface area contributed by atoms with Crippen LogP contribution in [0.1, 0.15) is 0 Å². The molecule has 0 saturated carbocycles. The van der Waals surface area contributed by atoms with E-state index in [9.17, 15) is 0 Å². The fourth-order valence-corrected chi connectivity index (χ4v) is 9.15. The quantitative estimate of drug-likeness (QED) is 0.172. The van der Waals surface area contributed by atoms with Gasteiger partial charge in [0.25, 0.3) is 0 Å². The minimum absolute atomic E-state index is 0.941. The number of benzene rings is 6. The van der Waals surface area contributed by atoms with Crippen LogP contribution < -0.4 is 0 Å². The lowest BCUT2D eigenvalue weighted by Gasteiger charge is -2.09. The van der Waals surface area contributed by atoms with E-state index < -0.39 is 0 Å². The van der Waals surface area contributed by atoms with Gasteiger partial charge in [0.1, 0.15) is 15.7 Å². The van der Waals surface area contributed by atoms with Crippen molar-refractivity contribution in [1.82, 2.24) is 24.1 Å². The monoisotopic (exact) mass is 721 g/mol. The molecular weight excluding hydrogens is 691 g/mol. The Labute approximate surface area is 321 Å². The van der Waals surface area contributed by atoms with E-state index in [1.165, 1.54) is 16.2 Å². The number of para-hydroxylation sites is 1. The first kappa shape index (κ1) is 31.4. The predicted octanol–water partition coefficient (Wildman–Crippen LogP) is 12.8. The maximum atomic E-state index is 5.36. The van der Waals surface area contributed by atoms with Crippen LogP contribution in [-0.4, -0.2) is 24.1 Å². The lowest BCUT2D eigenvalue weighted by atomic mass is 10.0. The van der Waals surface area contributed by atoms with Gasteiger partial charge in [-0.25, -0.2) is 4.98 Å². The van der Waals surface area contributed by atoms with Crippen LogP contribution in [0.25, 0.3) is 98.6 Å². The Kier molecular flexibility index (Phi) is 7.28. The van der Waals surface area contributed by atoms with Crippen molar-refractivity contribution in [2.24, 2.45) is 0 Å². The normalized spacial score (nSPS) is 11.6. The maximum Gasteiger partial charge on any atom is 0.129 e. The van der Waals surface area contributed by atoms with Gasteiger partial charge in [-0.05, 0) is 72.8 Å². The highest BCUT2D eigenvalue weighted by Gasteiger charge is 2.25. The van der Waals surface area contributed by atoms with E-state index >= 15 is 0 Å². The standard InChI is InChI=1S/C49H31N5S/c1-4-14-32(15-5-1)47-49(55-48(52-47)33-16-6-2-7-17-33)54-42-25-23-35(40-21-11-13-29-51-40)31-38(42)46-44(54)27-26-43-45(46)37-30-34(39-20-10-12-28-50-39)22-24-41(37)53(43)36-18-8-3-9-19-36/h1-31H. The summed E-state index contributed by atoms with van der Waals surface area (Å²) in [4.78, 5) is 14.9. The molecule has 6 heteroatoms. The van der Waals surface area contributed by atoms with Crippen molar-refractivity contribution in [1.29, 1.82) is 0 Å². The molecule has 0 saturated heterocycles. The molecule has 5 aromatic heterocycles. The molecule has 0 atom stereocenters. The molecule has 0 bridgehead atoms. The Morgan fingerprint density at radius 2 is 0.891 bits per heavy atom. The predicted molar refractivity (Wildman–Crippen MR) is 228 cm³/mol. The number of aromatic nitrogens is 5. The van der Waals surface area contributed by atoms with E-state index in [1.807, 2.05) is 30.6 Å². The molecule has 0 fully saturated rings. The molecule has 11 rings (SSSR count). The minimum Gasteiger partial charge on any atom is -0.309 e. The van der Waals surface area contributed by atoms with Crippen molar-refractivity contribution in [3.63, 3.8) is 0 Å². The molecule has 0 aliphatic heterocycles. The zero-order valence-electron chi connectivity index (χ0n) is 29.5. The van der Waals surface area contributed by atoms with Crippen molar-refractivity contribution in [3.8, 4) is 55.0 Å². The molecule has 0 radical (unpaired) electrons. The maximum absolute atomic E-state index is 5.36. The van der Waals surface area contributed by atoms with Crippen molar-refractivity contribution in [3.05, 3.63) is 188 Å². The average Bonchev–Trinajstić information content (AvgIpc) is 3.95. The largest absolute Gasteiger partial charge is 0.309 e. The summed E-state index contributed by atoms with van der Waals surface area (Å²) < 4.78 is 4.83. The van der Waals surface area contributed by atoms with Gasteiger partial charge in [-0.15, -0.1) is 0 Å². The number of pyridine rings is 2. The number of thiazole rings is 1. The SMILES string of the molecule is c1ccc(-c2nc(-c3ccccc3)c(-n3c4ccc(-c5ccccn5)cc4c4c5c6cc(-c7ccccn7)ccc6n(-c6ccccc6)c5ccc43)s2)cc1. The number of fused-ring (bicyclic) bond motifs is 7. The van der Waals surface area contributed by atoms with Crippen LogP contribution >= 0.6 is 11.3 Å². The fourth-order valence-electron chi connectivity index (χ4n) is 8.03. The first-order valence-corrected chi connectivity index (χ1v) is 19.2. The van der Waals surface area contributed by atoms with Crippen molar-refractivity contribution in [2.75, 3.05) is 0 Å². The summed E-state index contributed by atoms with van der Waals surface area (Å²) in [5.41, 5.74) is 12.8. The molecule has 5 heterocycles. The van der Waals surface area contributed by atoms with Gasteiger partial charge in [-0.2, -0.15) is 0 Å². The highest BCUT2D eigenvalue weighted by molar-refractivity contribution is 7.18. The van der Waals surface area contributed by atoms with Crippen LogP contribution in [0.3, 0.4) is 0 Å². The van der Waals surface area contributed by atoms with Gasteiger partial charge in [0.2, 0.25) is 0 Å². The molecule has 258 valence electrons. The van der Waals surface area contributed by atoms with E-state index in [0.29, 0.717) is 0 Å². The Bertz CT molecular complexity index is 3170. The van der Waals surface area contributed by atoms with Crippen LogP contribution in [0.5, 0.6) is 0 Å². The van der Waals surface area contributed by atoms with Gasteiger partial charge in [-0.1, -0.05) is 114 Å². The minimum atomic E-state index is 0.941. The van der Waals surface area contributed by atoms with Crippen LogP contribution in [0.15, 0.2) is 188 Å². The van der Waals surface area contributed by atoms with Crippen LogP contribution in [0.2, 0.25) is 0 Å². The Morgan fingerprint density at radius 3 is 1.45 bits per heavy atom. The van der Waals surface area contributed by atoms with E-state index in [2.05, 4.69) is 167 Å². The summed E-state index contributed by atoms with van der Waals surface area (Å²) in [7, 11) is 0. The molecule has 55 heavy (non-hydrogen) atoms. The molecule has 5 nitrogen and oxygen atoms in total. The highest BCUT2D eigenvalue weighted by atomic mass is 32.1. The average molecular weight is 722 g/mol. The molecule has 0 aliphatic carbocycles. The third kappa shape index (κ3) is 5.11. The first-order valence-electron chi connectivity index (χ1n) is 18.4. The lowest BCUT2D eigenvalue weighted by molar-refractivity contribution is 1.18. The Morgan fingerprint density at radius 1 is 0.400 bits per heavy atom. The van der Waals surface area contributed by atoms with E-state index in [0.717, 1.165) is 82.5 Å². The molecule has 0 unspecified atom stereocenters. The topological polar surface area (TPSA) is 48.5 Å². The summed E-state index contributed by atoms with van der Waals surface area (Å²) in [5, 5.41) is 6.79. The lowest BCUT2D eigenvalue weighted by Crippen LogP contribution is -1.95. The third-order valence-electron chi connectivity index (χ3n) is 10.5. The first-order chi connectivity index (χ1) is 27.3. The fraction of sp³-hybridized carbons (Fsp3) is 0. The Hall–Kier alpha value is -7.15. The van der Waals surface area contributed by atoms with E-state index in [1.54, 1.807) is 11.3 Å². The molecule has 0 N–H and O–H groups in total. The van der Waals surface area contributed by atoms with Crippen molar-refractivity contribution < 1.29 is 0 Å². The zero-order chi connectivity index (χ0) is 36.3. The second-order valence-corrected chi connectivity index (χ2v) is 14.6. The number of hydrogen-bond donors (Lipinski definition) is 0. The summed E-state index contributed by atoms with van der Waals surface area (Å²) >= 11 is 1.73. The van der Waals surface area contributed by atoms with Crippen LogP contribution in [-0.2, 0) is 0 Å². The molecule has 6 aromatic carbocycles. The molecule has 11 aromatic rings. The van der Waals surface area contributed by atoms with Crippen molar-refractivity contribution >= 4 is 54.9 Å². The number of hydrogen-bond acceptors (Lipinski definition) is 4. The van der Waals surface area contributed by atoms with Gasteiger partial charge in [0.15, 0.2) is 0 Å². The van der Waals surface area contributed by atoms with Crippen LogP contribution in [0, 0.1) is 0 Å². The summed E-state index contributed by atoms with van der Waals surface area (Å²) in [6, 6.07) is 62.1. The molecule has 0 spiro atoms. The molecule has 0 amide bonds. The second kappa shape index (κ2) is 12.8. The molecular formula is C49H31N5S. The molecule has 0 aliphatic rings. The summed E-state index contributed by atoms with van der Waals surface area (Å²) in [5.74, 6) is 0. The van der Waals surface area contributed by atoms with E-state index in [4.69, 9.17) is 15.0 Å². The zero-order valence-corrected chi connectivity index (χ0v) is 30.4. The van der Waals surface area contributed by atoms with Gasteiger partial charge in [0, 0.05) is 61.9 Å². The smallest absolute Gasteiger partial charge is 0.129 e. The third-order valence-corrected chi connectivity index (χ3v) is 11.6. The summed E-state index contributed by atoms with van der Waals surface area (Å²) in [6.45, 7) is 0. The number of nitrogens with zero attached hydrogens (tertiary/aromatic N) is 5. The van der Waals surface area contributed by atoms with Gasteiger partial charge in [0.05, 0.1) is 33.5 Å². The highest BCUT2D eigenvalue weighted by Crippen LogP contribution is 2.47. The van der Waals surface area contributed by atoms with Crippen molar-refractivity contribution in [2.45, 2.75) is 0 Å². The van der Waals surface area contributed by atoms with Gasteiger partial charge >= 0.3 is 0 Å².